The van der Waals surface area contributed by atoms with E-state index in [9.17, 15) is 13.6 Å². The van der Waals surface area contributed by atoms with Gasteiger partial charge in [0.1, 0.15) is 11.6 Å². The molecule has 1 N–H and O–H groups in total. The normalized spacial score (nSPS) is 16.4. The predicted molar refractivity (Wildman–Crippen MR) is 51.7 cm³/mol. The Morgan fingerprint density at radius 1 is 1.33 bits per heavy atom. The van der Waals surface area contributed by atoms with Gasteiger partial charge in [0.15, 0.2) is 0 Å². The Labute approximate surface area is 85.7 Å². The van der Waals surface area contributed by atoms with Gasteiger partial charge in [0.25, 0.3) is 0 Å². The molecule has 2 amide bonds. The SMILES string of the molecule is O=C1NCCCN1c1ccc(F)cc1F. The number of halogens is 2. The maximum atomic E-state index is 13.3. The lowest BCUT2D eigenvalue weighted by Crippen LogP contribution is -2.46. The van der Waals surface area contributed by atoms with Crippen LogP contribution in [0.1, 0.15) is 6.42 Å². The first-order valence-corrected chi connectivity index (χ1v) is 4.69. The minimum Gasteiger partial charge on any atom is -0.338 e. The molecule has 1 heterocycles. The average molecular weight is 212 g/mol. The van der Waals surface area contributed by atoms with E-state index in [1.807, 2.05) is 0 Å². The number of hydrogen-bond donors (Lipinski definition) is 1. The van der Waals surface area contributed by atoms with Crippen molar-refractivity contribution in [3.8, 4) is 0 Å². The van der Waals surface area contributed by atoms with Gasteiger partial charge in [-0.15, -0.1) is 0 Å². The van der Waals surface area contributed by atoms with Gasteiger partial charge in [-0.2, -0.15) is 0 Å². The Morgan fingerprint density at radius 2 is 2.13 bits per heavy atom. The molecular formula is C10H10F2N2O. The molecule has 1 aromatic rings. The van der Waals surface area contributed by atoms with Gasteiger partial charge in [-0.3, -0.25) is 4.90 Å². The number of amides is 2. The van der Waals surface area contributed by atoms with E-state index < -0.39 is 11.6 Å². The number of nitrogens with one attached hydrogen (secondary N) is 1. The second-order valence-electron chi connectivity index (χ2n) is 3.33. The Morgan fingerprint density at radius 3 is 2.80 bits per heavy atom. The Hall–Kier alpha value is -1.65. The molecule has 0 aromatic heterocycles. The van der Waals surface area contributed by atoms with Crippen molar-refractivity contribution in [1.29, 1.82) is 0 Å². The van der Waals surface area contributed by atoms with E-state index in [4.69, 9.17) is 0 Å². The van der Waals surface area contributed by atoms with Crippen molar-refractivity contribution >= 4 is 11.7 Å². The third kappa shape index (κ3) is 1.91. The quantitative estimate of drug-likeness (QED) is 0.757. The Balaban J connectivity index is 2.31. The van der Waals surface area contributed by atoms with E-state index in [0.717, 1.165) is 18.6 Å². The fraction of sp³-hybridized carbons (Fsp3) is 0.300. The molecule has 0 atom stereocenters. The van der Waals surface area contributed by atoms with Crippen molar-refractivity contribution in [2.24, 2.45) is 0 Å². The molecule has 1 aliphatic rings. The van der Waals surface area contributed by atoms with Gasteiger partial charge in [0.05, 0.1) is 5.69 Å². The van der Waals surface area contributed by atoms with Crippen LogP contribution in [-0.4, -0.2) is 19.1 Å². The van der Waals surface area contributed by atoms with Crippen molar-refractivity contribution in [2.45, 2.75) is 6.42 Å². The largest absolute Gasteiger partial charge is 0.338 e. The fourth-order valence-electron chi connectivity index (χ4n) is 1.56. The molecule has 80 valence electrons. The standard InChI is InChI=1S/C10H10F2N2O/c11-7-2-3-9(8(12)6-7)14-5-1-4-13-10(14)15/h2-3,6H,1,4-5H2,(H,13,15). The number of carbonyl (C=O) groups is 1. The molecule has 0 aliphatic carbocycles. The van der Waals surface area contributed by atoms with Crippen molar-refractivity contribution in [3.05, 3.63) is 29.8 Å². The van der Waals surface area contributed by atoms with Crippen molar-refractivity contribution in [1.82, 2.24) is 5.32 Å². The third-order valence-corrected chi connectivity index (χ3v) is 2.28. The van der Waals surface area contributed by atoms with Crippen LogP contribution in [-0.2, 0) is 0 Å². The molecule has 2 rings (SSSR count). The van der Waals surface area contributed by atoms with Gasteiger partial charge < -0.3 is 5.32 Å². The Bertz CT molecular complexity index is 395. The van der Waals surface area contributed by atoms with Crippen LogP contribution in [0.3, 0.4) is 0 Å². The van der Waals surface area contributed by atoms with Crippen LogP contribution in [0, 0.1) is 11.6 Å². The number of urea groups is 1. The van der Waals surface area contributed by atoms with Crippen LogP contribution in [0.2, 0.25) is 0 Å². The molecule has 0 bridgehead atoms. The summed E-state index contributed by atoms with van der Waals surface area (Å²) in [7, 11) is 0. The highest BCUT2D eigenvalue weighted by atomic mass is 19.1. The molecule has 15 heavy (non-hydrogen) atoms. The first-order valence-electron chi connectivity index (χ1n) is 4.69. The lowest BCUT2D eigenvalue weighted by molar-refractivity contribution is 0.242. The van der Waals surface area contributed by atoms with Gasteiger partial charge in [0.2, 0.25) is 0 Å². The molecule has 1 aromatic carbocycles. The summed E-state index contributed by atoms with van der Waals surface area (Å²) >= 11 is 0. The van der Waals surface area contributed by atoms with Gasteiger partial charge >= 0.3 is 6.03 Å². The zero-order valence-corrected chi connectivity index (χ0v) is 7.96. The number of hydrogen-bond acceptors (Lipinski definition) is 1. The maximum absolute atomic E-state index is 13.3. The lowest BCUT2D eigenvalue weighted by atomic mass is 10.2. The molecule has 5 heteroatoms. The summed E-state index contributed by atoms with van der Waals surface area (Å²) in [6.07, 6.45) is 0.753. The summed E-state index contributed by atoms with van der Waals surface area (Å²) in [6, 6.07) is 2.85. The van der Waals surface area contributed by atoms with E-state index >= 15 is 0 Å². The Kier molecular flexibility index (Phi) is 2.53. The van der Waals surface area contributed by atoms with E-state index in [0.29, 0.717) is 13.1 Å². The highest BCUT2D eigenvalue weighted by molar-refractivity contribution is 5.92. The zero-order valence-electron chi connectivity index (χ0n) is 7.96. The number of nitrogens with zero attached hydrogens (tertiary/aromatic N) is 1. The maximum Gasteiger partial charge on any atom is 0.321 e. The van der Waals surface area contributed by atoms with E-state index in [1.165, 1.54) is 11.0 Å². The number of carbonyl (C=O) groups excluding carboxylic acids is 1. The molecular weight excluding hydrogens is 202 g/mol. The molecule has 0 saturated carbocycles. The molecule has 3 nitrogen and oxygen atoms in total. The summed E-state index contributed by atoms with van der Waals surface area (Å²) in [5, 5.41) is 2.60. The van der Waals surface area contributed by atoms with Crippen LogP contribution in [0.5, 0.6) is 0 Å². The van der Waals surface area contributed by atoms with Gasteiger partial charge in [0, 0.05) is 19.2 Å². The molecule has 0 spiro atoms. The lowest BCUT2D eigenvalue weighted by Gasteiger charge is -2.27. The number of rotatable bonds is 1. The van der Waals surface area contributed by atoms with Crippen molar-refractivity contribution < 1.29 is 13.6 Å². The minimum atomic E-state index is -0.716. The van der Waals surface area contributed by atoms with E-state index in [2.05, 4.69) is 5.32 Å². The van der Waals surface area contributed by atoms with Crippen LogP contribution < -0.4 is 10.2 Å². The third-order valence-electron chi connectivity index (χ3n) is 2.28. The topological polar surface area (TPSA) is 32.3 Å². The second kappa shape index (κ2) is 3.84. The first-order chi connectivity index (χ1) is 7.18. The van der Waals surface area contributed by atoms with Crippen LogP contribution in [0.25, 0.3) is 0 Å². The van der Waals surface area contributed by atoms with Crippen LogP contribution in [0.15, 0.2) is 18.2 Å². The van der Waals surface area contributed by atoms with Crippen LogP contribution in [0.4, 0.5) is 19.3 Å². The molecule has 0 unspecified atom stereocenters. The van der Waals surface area contributed by atoms with E-state index in [1.54, 1.807) is 0 Å². The monoisotopic (exact) mass is 212 g/mol. The van der Waals surface area contributed by atoms with Crippen molar-refractivity contribution in [3.63, 3.8) is 0 Å². The first kappa shape index (κ1) is 9.89. The summed E-state index contributed by atoms with van der Waals surface area (Å²) in [5.41, 5.74) is 0.119. The predicted octanol–water partition coefficient (Wildman–Crippen LogP) is 1.88. The number of benzene rings is 1. The summed E-state index contributed by atoms with van der Waals surface area (Å²) in [6.45, 7) is 1.05. The summed E-state index contributed by atoms with van der Waals surface area (Å²) in [5.74, 6) is -1.36. The summed E-state index contributed by atoms with van der Waals surface area (Å²) < 4.78 is 26.0. The van der Waals surface area contributed by atoms with Crippen LogP contribution >= 0.6 is 0 Å². The van der Waals surface area contributed by atoms with E-state index in [-0.39, 0.29) is 11.7 Å². The zero-order chi connectivity index (χ0) is 10.8. The summed E-state index contributed by atoms with van der Waals surface area (Å²) in [4.78, 5) is 12.7. The van der Waals surface area contributed by atoms with Gasteiger partial charge in [-0.05, 0) is 18.6 Å². The second-order valence-corrected chi connectivity index (χ2v) is 3.33. The molecule has 0 radical (unpaired) electrons. The smallest absolute Gasteiger partial charge is 0.321 e. The highest BCUT2D eigenvalue weighted by Gasteiger charge is 2.21. The molecule has 1 aliphatic heterocycles. The minimum absolute atomic E-state index is 0.119. The molecule has 1 fully saturated rings. The van der Waals surface area contributed by atoms with Gasteiger partial charge in [-0.1, -0.05) is 0 Å². The highest BCUT2D eigenvalue weighted by Crippen LogP contribution is 2.21. The van der Waals surface area contributed by atoms with Gasteiger partial charge in [-0.25, -0.2) is 13.6 Å². The van der Waals surface area contributed by atoms with Crippen molar-refractivity contribution in [2.75, 3.05) is 18.0 Å². The molecule has 1 saturated heterocycles. The fourth-order valence-corrected chi connectivity index (χ4v) is 1.56. The number of anilines is 1. The average Bonchev–Trinajstić information content (AvgIpc) is 2.20.